The largest absolute Gasteiger partial charge is 0.493 e. The molecule has 0 fully saturated rings. The summed E-state index contributed by atoms with van der Waals surface area (Å²) < 4.78 is 19.4. The number of fused-ring (bicyclic) bond motifs is 2. The SMILES string of the molecule is COc1cc2c(=O)n(CCc3cn4nc(C)sc4n3)cnc2c(OC)c1OC. The molecule has 3 heterocycles. The maximum Gasteiger partial charge on any atom is 0.261 e. The van der Waals surface area contributed by atoms with Crippen LogP contribution >= 0.6 is 11.3 Å². The molecule has 146 valence electrons. The van der Waals surface area contributed by atoms with E-state index in [1.807, 2.05) is 13.1 Å². The Labute approximate surface area is 164 Å². The third kappa shape index (κ3) is 2.95. The van der Waals surface area contributed by atoms with Crippen molar-refractivity contribution in [3.05, 3.63) is 39.6 Å². The Balaban J connectivity index is 1.70. The van der Waals surface area contributed by atoms with Crippen molar-refractivity contribution in [1.82, 2.24) is 24.1 Å². The van der Waals surface area contributed by atoms with Gasteiger partial charge in [0.15, 0.2) is 11.5 Å². The van der Waals surface area contributed by atoms with Crippen molar-refractivity contribution in [3.8, 4) is 17.2 Å². The highest BCUT2D eigenvalue weighted by Gasteiger charge is 2.19. The van der Waals surface area contributed by atoms with E-state index in [1.165, 1.54) is 39.0 Å². The summed E-state index contributed by atoms with van der Waals surface area (Å²) in [5.41, 5.74) is 1.12. The lowest BCUT2D eigenvalue weighted by atomic mass is 10.2. The summed E-state index contributed by atoms with van der Waals surface area (Å²) in [7, 11) is 4.53. The van der Waals surface area contributed by atoms with Crippen LogP contribution in [0.2, 0.25) is 0 Å². The summed E-state index contributed by atoms with van der Waals surface area (Å²) in [6, 6.07) is 1.63. The van der Waals surface area contributed by atoms with Crippen LogP contribution in [0.4, 0.5) is 0 Å². The lowest BCUT2D eigenvalue weighted by molar-refractivity contribution is 0.326. The maximum absolute atomic E-state index is 13.0. The van der Waals surface area contributed by atoms with E-state index >= 15 is 0 Å². The summed E-state index contributed by atoms with van der Waals surface area (Å²) in [6.07, 6.45) is 3.99. The third-order valence-corrected chi connectivity index (χ3v) is 5.26. The summed E-state index contributed by atoms with van der Waals surface area (Å²) >= 11 is 1.53. The fraction of sp³-hybridized carbons (Fsp3) is 0.333. The maximum atomic E-state index is 13.0. The van der Waals surface area contributed by atoms with Crippen LogP contribution in [0, 0.1) is 6.92 Å². The highest BCUT2D eigenvalue weighted by molar-refractivity contribution is 7.16. The number of benzene rings is 1. The highest BCUT2D eigenvalue weighted by atomic mass is 32.1. The van der Waals surface area contributed by atoms with Crippen LogP contribution < -0.4 is 19.8 Å². The van der Waals surface area contributed by atoms with Gasteiger partial charge in [0, 0.05) is 13.0 Å². The average Bonchev–Trinajstić information content (AvgIpc) is 3.22. The Bertz CT molecular complexity index is 1190. The Hall–Kier alpha value is -3.14. The molecule has 3 aromatic heterocycles. The Morgan fingerprint density at radius 2 is 1.93 bits per heavy atom. The molecule has 4 rings (SSSR count). The molecule has 0 radical (unpaired) electrons. The van der Waals surface area contributed by atoms with E-state index in [1.54, 1.807) is 15.1 Å². The van der Waals surface area contributed by atoms with Crippen LogP contribution in [0.25, 0.3) is 15.9 Å². The second-order valence-corrected chi connectivity index (χ2v) is 7.28. The number of aromatic nitrogens is 5. The standard InChI is InChI=1S/C18H19N5O4S/c1-10-21-23-8-11(20-18(23)28-10)5-6-22-9-19-14-12(17(22)24)7-13(25-2)15(26-3)16(14)27-4/h7-9H,5-6H2,1-4H3. The van der Waals surface area contributed by atoms with Crippen LogP contribution in [0.5, 0.6) is 17.2 Å². The molecular formula is C18H19N5O4S. The lowest BCUT2D eigenvalue weighted by Gasteiger charge is -2.14. The predicted molar refractivity (Wildman–Crippen MR) is 105 cm³/mol. The van der Waals surface area contributed by atoms with Crippen molar-refractivity contribution >= 4 is 27.2 Å². The van der Waals surface area contributed by atoms with E-state index in [4.69, 9.17) is 14.2 Å². The van der Waals surface area contributed by atoms with E-state index in [-0.39, 0.29) is 5.56 Å². The Kier molecular flexibility index (Phi) is 4.63. The lowest BCUT2D eigenvalue weighted by Crippen LogP contribution is -2.22. The number of aryl methyl sites for hydroxylation is 3. The fourth-order valence-corrected chi connectivity index (χ4v) is 3.87. The van der Waals surface area contributed by atoms with Gasteiger partial charge in [-0.3, -0.25) is 9.36 Å². The van der Waals surface area contributed by atoms with Gasteiger partial charge in [0.2, 0.25) is 10.7 Å². The number of methoxy groups -OCH3 is 3. The first-order chi connectivity index (χ1) is 13.5. The molecular weight excluding hydrogens is 382 g/mol. The van der Waals surface area contributed by atoms with E-state index in [0.717, 1.165) is 15.7 Å². The first kappa shape index (κ1) is 18.2. The van der Waals surface area contributed by atoms with Crippen LogP contribution in [-0.4, -0.2) is 45.5 Å². The first-order valence-corrected chi connectivity index (χ1v) is 9.37. The van der Waals surface area contributed by atoms with Crippen LogP contribution in [0.15, 0.2) is 23.4 Å². The van der Waals surface area contributed by atoms with Crippen LogP contribution in [0.1, 0.15) is 10.7 Å². The molecule has 10 heteroatoms. The van der Waals surface area contributed by atoms with Gasteiger partial charge in [-0.15, -0.1) is 0 Å². The normalized spacial score (nSPS) is 11.3. The van der Waals surface area contributed by atoms with Crippen molar-refractivity contribution in [3.63, 3.8) is 0 Å². The molecule has 0 bridgehead atoms. The average molecular weight is 401 g/mol. The van der Waals surface area contributed by atoms with Crippen molar-refractivity contribution in [2.45, 2.75) is 19.9 Å². The number of nitrogens with zero attached hydrogens (tertiary/aromatic N) is 5. The molecule has 0 aliphatic heterocycles. The van der Waals surface area contributed by atoms with Gasteiger partial charge in [0.05, 0.1) is 44.9 Å². The molecule has 0 saturated carbocycles. The Morgan fingerprint density at radius 3 is 2.61 bits per heavy atom. The monoisotopic (exact) mass is 401 g/mol. The van der Waals surface area contributed by atoms with Gasteiger partial charge in [-0.2, -0.15) is 5.10 Å². The van der Waals surface area contributed by atoms with Crippen molar-refractivity contribution in [2.24, 2.45) is 0 Å². The van der Waals surface area contributed by atoms with Gasteiger partial charge in [-0.05, 0) is 13.0 Å². The van der Waals surface area contributed by atoms with Gasteiger partial charge in [-0.1, -0.05) is 11.3 Å². The summed E-state index contributed by atoms with van der Waals surface area (Å²) in [4.78, 5) is 22.8. The van der Waals surface area contributed by atoms with Gasteiger partial charge >= 0.3 is 0 Å². The number of hydrogen-bond acceptors (Lipinski definition) is 8. The molecule has 9 nitrogen and oxygen atoms in total. The summed E-state index contributed by atoms with van der Waals surface area (Å²) in [5, 5.41) is 5.72. The number of imidazole rings is 1. The second-order valence-electron chi connectivity index (χ2n) is 6.12. The first-order valence-electron chi connectivity index (χ1n) is 8.55. The number of hydrogen-bond donors (Lipinski definition) is 0. The quantitative estimate of drug-likeness (QED) is 0.488. The minimum atomic E-state index is -0.181. The number of ether oxygens (including phenoxy) is 3. The van der Waals surface area contributed by atoms with Crippen molar-refractivity contribution < 1.29 is 14.2 Å². The number of rotatable bonds is 6. The topological polar surface area (TPSA) is 92.8 Å². The van der Waals surface area contributed by atoms with E-state index in [9.17, 15) is 4.79 Å². The molecule has 0 saturated heterocycles. The molecule has 0 aliphatic carbocycles. The predicted octanol–water partition coefficient (Wildman–Crippen LogP) is 2.08. The smallest absolute Gasteiger partial charge is 0.261 e. The van der Waals surface area contributed by atoms with Crippen molar-refractivity contribution in [2.75, 3.05) is 21.3 Å². The highest BCUT2D eigenvalue weighted by Crippen LogP contribution is 2.41. The Morgan fingerprint density at radius 1 is 1.14 bits per heavy atom. The van der Waals surface area contributed by atoms with Crippen LogP contribution in [-0.2, 0) is 13.0 Å². The molecule has 28 heavy (non-hydrogen) atoms. The van der Waals surface area contributed by atoms with Crippen LogP contribution in [0.3, 0.4) is 0 Å². The molecule has 0 atom stereocenters. The van der Waals surface area contributed by atoms with Crippen molar-refractivity contribution in [1.29, 1.82) is 0 Å². The molecule has 4 aromatic rings. The molecule has 0 amide bonds. The third-order valence-electron chi connectivity index (χ3n) is 4.42. The van der Waals surface area contributed by atoms with E-state index in [2.05, 4.69) is 15.1 Å². The minimum Gasteiger partial charge on any atom is -0.493 e. The molecule has 0 spiro atoms. The van der Waals surface area contributed by atoms with E-state index < -0.39 is 0 Å². The molecule has 0 unspecified atom stereocenters. The zero-order chi connectivity index (χ0) is 19.8. The van der Waals surface area contributed by atoms with Gasteiger partial charge in [0.25, 0.3) is 5.56 Å². The summed E-state index contributed by atoms with van der Waals surface area (Å²) in [6.45, 7) is 2.39. The zero-order valence-electron chi connectivity index (χ0n) is 15.9. The zero-order valence-corrected chi connectivity index (χ0v) is 16.7. The van der Waals surface area contributed by atoms with Gasteiger partial charge in [-0.25, -0.2) is 14.5 Å². The molecule has 1 aromatic carbocycles. The van der Waals surface area contributed by atoms with E-state index in [0.29, 0.717) is 41.1 Å². The van der Waals surface area contributed by atoms with Gasteiger partial charge in [0.1, 0.15) is 10.5 Å². The van der Waals surface area contributed by atoms with Gasteiger partial charge < -0.3 is 14.2 Å². The molecule has 0 N–H and O–H groups in total. The summed E-state index contributed by atoms with van der Waals surface area (Å²) in [5.74, 6) is 1.19. The molecule has 0 aliphatic rings. The fourth-order valence-electron chi connectivity index (χ4n) is 3.13. The second kappa shape index (κ2) is 7.12. The minimum absolute atomic E-state index is 0.181.